The minimum atomic E-state index is -0.197. The molecule has 2 aromatic carbocycles. The summed E-state index contributed by atoms with van der Waals surface area (Å²) < 4.78 is 13.3. The molecule has 21 heavy (non-hydrogen) atoms. The molecular weight excluding hydrogens is 285 g/mol. The predicted molar refractivity (Wildman–Crippen MR) is 87.5 cm³/mol. The lowest BCUT2D eigenvalue weighted by Gasteiger charge is -2.22. The highest BCUT2D eigenvalue weighted by Crippen LogP contribution is 2.28. The van der Waals surface area contributed by atoms with Crippen molar-refractivity contribution in [3.05, 3.63) is 69.5 Å². The van der Waals surface area contributed by atoms with Crippen molar-refractivity contribution in [2.24, 2.45) is 0 Å². The third-order valence-electron chi connectivity index (χ3n) is 3.66. The van der Waals surface area contributed by atoms with Crippen LogP contribution in [0, 0.1) is 19.7 Å². The molecule has 0 aliphatic carbocycles. The van der Waals surface area contributed by atoms with Gasteiger partial charge in [0.1, 0.15) is 5.82 Å². The molecule has 2 aromatic rings. The Morgan fingerprint density at radius 2 is 1.86 bits per heavy atom. The van der Waals surface area contributed by atoms with E-state index >= 15 is 0 Å². The molecule has 0 heterocycles. The average molecular weight is 306 g/mol. The first-order valence-electron chi connectivity index (χ1n) is 7.28. The lowest BCUT2D eigenvalue weighted by molar-refractivity contribution is 0.589. The summed E-state index contributed by atoms with van der Waals surface area (Å²) in [5.74, 6) is -0.197. The smallest absolute Gasteiger partial charge is 0.123 e. The topological polar surface area (TPSA) is 12.0 Å². The first kappa shape index (κ1) is 16.0. The highest BCUT2D eigenvalue weighted by molar-refractivity contribution is 6.31. The molecule has 0 saturated heterocycles. The summed E-state index contributed by atoms with van der Waals surface area (Å²) in [6, 6.07) is 11.1. The third kappa shape index (κ3) is 3.84. The van der Waals surface area contributed by atoms with Crippen LogP contribution in [0.4, 0.5) is 4.39 Å². The third-order valence-corrected chi connectivity index (χ3v) is 4.08. The molecule has 0 amide bonds. The minimum absolute atomic E-state index is 0.0570. The van der Waals surface area contributed by atoms with E-state index in [4.69, 9.17) is 11.6 Å². The Balaban J connectivity index is 2.44. The Labute approximate surface area is 131 Å². The predicted octanol–water partition coefficient (Wildman–Crippen LogP) is 5.18. The number of rotatable bonds is 5. The number of benzene rings is 2. The first-order chi connectivity index (χ1) is 10.0. The van der Waals surface area contributed by atoms with Gasteiger partial charge >= 0.3 is 0 Å². The molecule has 112 valence electrons. The normalized spacial score (nSPS) is 12.4. The Morgan fingerprint density at radius 1 is 1.10 bits per heavy atom. The van der Waals surface area contributed by atoms with Gasteiger partial charge in [-0.15, -0.1) is 0 Å². The molecule has 3 heteroatoms. The second-order valence-electron chi connectivity index (χ2n) is 5.40. The first-order valence-corrected chi connectivity index (χ1v) is 7.66. The van der Waals surface area contributed by atoms with Crippen molar-refractivity contribution >= 4 is 11.6 Å². The molecule has 0 saturated carbocycles. The van der Waals surface area contributed by atoms with Gasteiger partial charge in [-0.25, -0.2) is 4.39 Å². The van der Waals surface area contributed by atoms with Crippen LogP contribution in [0.2, 0.25) is 5.02 Å². The number of aryl methyl sites for hydroxylation is 2. The molecule has 1 atom stereocenters. The van der Waals surface area contributed by atoms with Crippen LogP contribution in [0.15, 0.2) is 36.4 Å². The summed E-state index contributed by atoms with van der Waals surface area (Å²) in [4.78, 5) is 0. The van der Waals surface area contributed by atoms with E-state index < -0.39 is 0 Å². The zero-order valence-corrected chi connectivity index (χ0v) is 13.5. The number of hydrogen-bond donors (Lipinski definition) is 1. The molecule has 0 radical (unpaired) electrons. The standard InChI is InChI=1S/C18H21ClFN/c1-4-9-21-18(14-5-8-17(19)13(3)10-14)16-7-6-15(20)11-12(16)2/h5-8,10-11,18,21H,4,9H2,1-3H3. The number of halogens is 2. The minimum Gasteiger partial charge on any atom is -0.306 e. The van der Waals surface area contributed by atoms with Gasteiger partial charge < -0.3 is 5.32 Å². The van der Waals surface area contributed by atoms with Crippen molar-refractivity contribution in [2.75, 3.05) is 6.54 Å². The molecule has 0 bridgehead atoms. The maximum atomic E-state index is 13.3. The van der Waals surface area contributed by atoms with E-state index in [2.05, 4.69) is 18.3 Å². The van der Waals surface area contributed by atoms with E-state index in [1.54, 1.807) is 6.07 Å². The lowest BCUT2D eigenvalue weighted by atomic mass is 9.94. The SMILES string of the molecule is CCCNC(c1ccc(Cl)c(C)c1)c1ccc(F)cc1C. The Morgan fingerprint density at radius 3 is 2.48 bits per heavy atom. The monoisotopic (exact) mass is 305 g/mol. The van der Waals surface area contributed by atoms with E-state index in [1.165, 1.54) is 6.07 Å². The number of hydrogen-bond acceptors (Lipinski definition) is 1. The van der Waals surface area contributed by atoms with Gasteiger partial charge in [0.05, 0.1) is 6.04 Å². The summed E-state index contributed by atoms with van der Waals surface area (Å²) >= 11 is 6.12. The van der Waals surface area contributed by atoms with Gasteiger partial charge in [-0.3, -0.25) is 0 Å². The summed E-state index contributed by atoms with van der Waals surface area (Å²) in [6.45, 7) is 6.99. The Bertz CT molecular complexity index is 625. The molecule has 0 fully saturated rings. The quantitative estimate of drug-likeness (QED) is 0.802. The van der Waals surface area contributed by atoms with Gasteiger partial charge in [-0.05, 0) is 67.3 Å². The maximum absolute atomic E-state index is 13.3. The van der Waals surface area contributed by atoms with Crippen LogP contribution in [0.25, 0.3) is 0 Å². The second kappa shape index (κ2) is 7.06. The van der Waals surface area contributed by atoms with E-state index in [9.17, 15) is 4.39 Å². The van der Waals surface area contributed by atoms with Crippen molar-refractivity contribution in [1.29, 1.82) is 0 Å². The van der Waals surface area contributed by atoms with Crippen molar-refractivity contribution in [1.82, 2.24) is 5.32 Å². The molecule has 0 aromatic heterocycles. The van der Waals surface area contributed by atoms with Crippen LogP contribution in [-0.4, -0.2) is 6.54 Å². The van der Waals surface area contributed by atoms with E-state index in [0.29, 0.717) is 0 Å². The van der Waals surface area contributed by atoms with E-state index in [1.807, 2.05) is 32.0 Å². The second-order valence-corrected chi connectivity index (χ2v) is 5.80. The summed E-state index contributed by atoms with van der Waals surface area (Å²) in [7, 11) is 0. The van der Waals surface area contributed by atoms with Gasteiger partial charge in [-0.2, -0.15) is 0 Å². The van der Waals surface area contributed by atoms with E-state index in [-0.39, 0.29) is 11.9 Å². The van der Waals surface area contributed by atoms with Crippen molar-refractivity contribution in [3.8, 4) is 0 Å². The fourth-order valence-electron chi connectivity index (χ4n) is 2.51. The average Bonchev–Trinajstić information content (AvgIpc) is 2.44. The van der Waals surface area contributed by atoms with Crippen LogP contribution in [0.5, 0.6) is 0 Å². The van der Waals surface area contributed by atoms with Crippen molar-refractivity contribution in [3.63, 3.8) is 0 Å². The van der Waals surface area contributed by atoms with Gasteiger partial charge in [0.15, 0.2) is 0 Å². The molecule has 0 spiro atoms. The number of nitrogens with one attached hydrogen (secondary N) is 1. The van der Waals surface area contributed by atoms with Crippen molar-refractivity contribution in [2.45, 2.75) is 33.2 Å². The Hall–Kier alpha value is -1.38. The maximum Gasteiger partial charge on any atom is 0.123 e. The molecule has 0 aliphatic rings. The summed E-state index contributed by atoms with van der Waals surface area (Å²) in [6.07, 6.45) is 1.04. The summed E-state index contributed by atoms with van der Waals surface area (Å²) in [5, 5.41) is 4.31. The summed E-state index contributed by atoms with van der Waals surface area (Å²) in [5.41, 5.74) is 4.26. The molecule has 0 aliphatic heterocycles. The van der Waals surface area contributed by atoms with Crippen LogP contribution in [-0.2, 0) is 0 Å². The van der Waals surface area contributed by atoms with Crippen LogP contribution in [0.1, 0.15) is 41.6 Å². The molecule has 2 rings (SSSR count). The lowest BCUT2D eigenvalue weighted by Crippen LogP contribution is -2.24. The van der Waals surface area contributed by atoms with Crippen molar-refractivity contribution < 1.29 is 4.39 Å². The molecule has 1 nitrogen and oxygen atoms in total. The fraction of sp³-hybridized carbons (Fsp3) is 0.333. The van der Waals surface area contributed by atoms with Gasteiger partial charge in [-0.1, -0.05) is 36.7 Å². The molecule has 1 unspecified atom stereocenters. The van der Waals surface area contributed by atoms with Gasteiger partial charge in [0.25, 0.3) is 0 Å². The molecule has 1 N–H and O–H groups in total. The Kier molecular flexibility index (Phi) is 5.38. The largest absolute Gasteiger partial charge is 0.306 e. The van der Waals surface area contributed by atoms with Crippen LogP contribution >= 0.6 is 11.6 Å². The fourth-order valence-corrected chi connectivity index (χ4v) is 2.62. The zero-order chi connectivity index (χ0) is 15.4. The highest BCUT2D eigenvalue weighted by Gasteiger charge is 2.16. The van der Waals surface area contributed by atoms with E-state index in [0.717, 1.165) is 40.2 Å². The zero-order valence-electron chi connectivity index (χ0n) is 12.7. The van der Waals surface area contributed by atoms with Gasteiger partial charge in [0.2, 0.25) is 0 Å². The van der Waals surface area contributed by atoms with Crippen LogP contribution < -0.4 is 5.32 Å². The molecular formula is C18H21ClFN. The van der Waals surface area contributed by atoms with Crippen LogP contribution in [0.3, 0.4) is 0 Å². The van der Waals surface area contributed by atoms with Gasteiger partial charge in [0, 0.05) is 5.02 Å². The highest BCUT2D eigenvalue weighted by atomic mass is 35.5.